The molecular weight excluding hydrogens is 254 g/mol. The Balaban J connectivity index is 1.84. The molecule has 0 radical (unpaired) electrons. The molecule has 2 saturated heterocycles. The molecule has 6 nitrogen and oxygen atoms in total. The first kappa shape index (κ1) is 13.8. The van der Waals surface area contributed by atoms with Crippen molar-refractivity contribution < 1.29 is 13.2 Å². The number of piperazine rings is 1. The Morgan fingerprint density at radius 3 is 2.78 bits per heavy atom. The van der Waals surface area contributed by atoms with Gasteiger partial charge in [-0.15, -0.1) is 0 Å². The molecule has 2 aliphatic rings. The number of carbonyl (C=O) groups is 1. The number of nitrogens with one attached hydrogen (secondary N) is 1. The number of sulfonamides is 1. The van der Waals surface area contributed by atoms with Crippen LogP contribution in [0.3, 0.4) is 0 Å². The van der Waals surface area contributed by atoms with Crippen LogP contribution >= 0.6 is 0 Å². The second-order valence-corrected chi connectivity index (χ2v) is 7.05. The van der Waals surface area contributed by atoms with E-state index in [1.165, 1.54) is 4.31 Å². The summed E-state index contributed by atoms with van der Waals surface area (Å²) in [6.07, 6.45) is 0.976. The van der Waals surface area contributed by atoms with Crippen LogP contribution in [0, 0.1) is 0 Å². The van der Waals surface area contributed by atoms with Crippen LogP contribution in [0.2, 0.25) is 0 Å². The van der Waals surface area contributed by atoms with Crippen molar-refractivity contribution in [3.8, 4) is 0 Å². The first-order valence-corrected chi connectivity index (χ1v) is 8.09. The summed E-state index contributed by atoms with van der Waals surface area (Å²) in [4.78, 5) is 13.9. The van der Waals surface area contributed by atoms with E-state index in [0.29, 0.717) is 32.5 Å². The highest BCUT2D eigenvalue weighted by atomic mass is 32.2. The predicted molar refractivity (Wildman–Crippen MR) is 68.6 cm³/mol. The molecule has 0 saturated carbocycles. The fourth-order valence-corrected chi connectivity index (χ4v) is 4.05. The number of hydrogen-bond acceptors (Lipinski definition) is 4. The molecule has 0 aromatic carbocycles. The third kappa shape index (κ3) is 3.02. The second kappa shape index (κ2) is 5.54. The van der Waals surface area contributed by atoms with Crippen molar-refractivity contribution in [3.63, 3.8) is 0 Å². The smallest absolute Gasteiger partial charge is 0.224 e. The Bertz CT molecular complexity index is 410. The summed E-state index contributed by atoms with van der Waals surface area (Å²) in [7, 11) is -3.08. The van der Waals surface area contributed by atoms with Crippen LogP contribution in [0.1, 0.15) is 19.8 Å². The maximum Gasteiger partial charge on any atom is 0.224 e. The summed E-state index contributed by atoms with van der Waals surface area (Å²) in [6, 6.07) is 0.196. The topological polar surface area (TPSA) is 69.7 Å². The summed E-state index contributed by atoms with van der Waals surface area (Å²) in [5.74, 6) is 0.289. The van der Waals surface area contributed by atoms with Crippen LogP contribution in [0.5, 0.6) is 0 Å². The van der Waals surface area contributed by atoms with Gasteiger partial charge in [0.05, 0.1) is 5.75 Å². The molecule has 1 atom stereocenters. The molecule has 2 heterocycles. The fraction of sp³-hybridized carbons (Fsp3) is 0.909. The summed E-state index contributed by atoms with van der Waals surface area (Å²) in [5.41, 5.74) is 0. The molecular formula is C11H21N3O3S. The summed E-state index contributed by atoms with van der Waals surface area (Å²) in [6.45, 7) is 5.25. The van der Waals surface area contributed by atoms with Gasteiger partial charge in [0, 0.05) is 45.2 Å². The first-order valence-electron chi connectivity index (χ1n) is 6.49. The zero-order valence-corrected chi connectivity index (χ0v) is 11.6. The quantitative estimate of drug-likeness (QED) is 0.734. The third-order valence-corrected chi connectivity index (χ3v) is 5.56. The van der Waals surface area contributed by atoms with E-state index < -0.39 is 10.0 Å². The number of carbonyl (C=O) groups excluding carboxylic acids is 1. The van der Waals surface area contributed by atoms with Crippen LogP contribution in [0.15, 0.2) is 0 Å². The van der Waals surface area contributed by atoms with Gasteiger partial charge in [-0.25, -0.2) is 12.7 Å². The average molecular weight is 275 g/mol. The highest BCUT2D eigenvalue weighted by molar-refractivity contribution is 7.89. The zero-order valence-electron chi connectivity index (χ0n) is 10.8. The van der Waals surface area contributed by atoms with Crippen molar-refractivity contribution in [2.75, 3.05) is 38.5 Å². The predicted octanol–water partition coefficient (Wildman–Crippen LogP) is -0.768. The van der Waals surface area contributed by atoms with E-state index in [1.54, 1.807) is 0 Å². The molecule has 1 amide bonds. The van der Waals surface area contributed by atoms with E-state index in [1.807, 2.05) is 11.8 Å². The van der Waals surface area contributed by atoms with E-state index in [4.69, 9.17) is 0 Å². The van der Waals surface area contributed by atoms with Gasteiger partial charge in [-0.05, 0) is 13.3 Å². The van der Waals surface area contributed by atoms with Crippen molar-refractivity contribution in [2.24, 2.45) is 0 Å². The van der Waals surface area contributed by atoms with Gasteiger partial charge in [0.1, 0.15) is 0 Å². The molecule has 104 valence electrons. The van der Waals surface area contributed by atoms with Gasteiger partial charge < -0.3 is 10.2 Å². The lowest BCUT2D eigenvalue weighted by atomic mass is 10.2. The van der Waals surface area contributed by atoms with Gasteiger partial charge in [0.25, 0.3) is 0 Å². The monoisotopic (exact) mass is 275 g/mol. The van der Waals surface area contributed by atoms with Gasteiger partial charge in [0.15, 0.2) is 0 Å². The van der Waals surface area contributed by atoms with Crippen LogP contribution in [-0.4, -0.2) is 68.0 Å². The molecule has 7 heteroatoms. The van der Waals surface area contributed by atoms with Crippen LogP contribution < -0.4 is 5.32 Å². The van der Waals surface area contributed by atoms with Gasteiger partial charge >= 0.3 is 0 Å². The fourth-order valence-electron chi connectivity index (χ4n) is 2.52. The highest BCUT2D eigenvalue weighted by Gasteiger charge is 2.29. The Hall–Kier alpha value is -0.660. The van der Waals surface area contributed by atoms with Crippen LogP contribution in [0.4, 0.5) is 0 Å². The SMILES string of the molecule is C[C@H]1CNCCN1C(=O)CCN1CCCS1(=O)=O. The standard InChI is InChI=1S/C11H21N3O3S/c1-10-9-12-4-7-14(10)11(15)3-6-13-5-2-8-18(13,16)17/h10,12H,2-9H2,1H3/t10-/m0/s1. The van der Waals surface area contributed by atoms with Crippen molar-refractivity contribution in [1.29, 1.82) is 0 Å². The van der Waals surface area contributed by atoms with Crippen LogP contribution in [-0.2, 0) is 14.8 Å². The Morgan fingerprint density at radius 2 is 2.17 bits per heavy atom. The van der Waals surface area contributed by atoms with E-state index >= 15 is 0 Å². The van der Waals surface area contributed by atoms with E-state index in [9.17, 15) is 13.2 Å². The maximum absolute atomic E-state index is 12.1. The lowest BCUT2D eigenvalue weighted by Gasteiger charge is -2.34. The molecule has 0 bridgehead atoms. The summed E-state index contributed by atoms with van der Waals surface area (Å²) < 4.78 is 24.7. The normalized spacial score (nSPS) is 28.5. The van der Waals surface area contributed by atoms with Gasteiger partial charge in [-0.2, -0.15) is 0 Å². The second-order valence-electron chi connectivity index (χ2n) is 4.96. The lowest BCUT2D eigenvalue weighted by Crippen LogP contribution is -2.52. The summed E-state index contributed by atoms with van der Waals surface area (Å²) in [5, 5.41) is 3.23. The number of nitrogens with zero attached hydrogens (tertiary/aromatic N) is 2. The minimum Gasteiger partial charge on any atom is -0.337 e. The first-order chi connectivity index (χ1) is 8.50. The van der Waals surface area contributed by atoms with Gasteiger partial charge in [-0.3, -0.25) is 4.79 Å². The van der Waals surface area contributed by atoms with Crippen molar-refractivity contribution in [3.05, 3.63) is 0 Å². The Labute approximate surface area is 108 Å². The molecule has 2 fully saturated rings. The van der Waals surface area contributed by atoms with Gasteiger partial charge in [0.2, 0.25) is 15.9 Å². The molecule has 2 rings (SSSR count). The zero-order chi connectivity index (χ0) is 13.2. The number of rotatable bonds is 3. The van der Waals surface area contributed by atoms with E-state index in [-0.39, 0.29) is 17.7 Å². The maximum atomic E-state index is 12.1. The number of amides is 1. The van der Waals surface area contributed by atoms with E-state index in [2.05, 4.69) is 5.32 Å². The Kier molecular flexibility index (Phi) is 4.24. The van der Waals surface area contributed by atoms with Gasteiger partial charge in [-0.1, -0.05) is 0 Å². The Morgan fingerprint density at radius 1 is 1.39 bits per heavy atom. The van der Waals surface area contributed by atoms with Crippen LogP contribution in [0.25, 0.3) is 0 Å². The summed E-state index contributed by atoms with van der Waals surface area (Å²) >= 11 is 0. The highest BCUT2D eigenvalue weighted by Crippen LogP contribution is 2.14. The minimum atomic E-state index is -3.08. The molecule has 18 heavy (non-hydrogen) atoms. The number of hydrogen-bond donors (Lipinski definition) is 1. The largest absolute Gasteiger partial charge is 0.337 e. The van der Waals surface area contributed by atoms with Crippen molar-refractivity contribution in [2.45, 2.75) is 25.8 Å². The lowest BCUT2D eigenvalue weighted by molar-refractivity contribution is -0.134. The minimum absolute atomic E-state index is 0.0612. The van der Waals surface area contributed by atoms with Crippen molar-refractivity contribution >= 4 is 15.9 Å². The molecule has 0 spiro atoms. The average Bonchev–Trinajstić information content (AvgIpc) is 2.66. The van der Waals surface area contributed by atoms with E-state index in [0.717, 1.165) is 13.1 Å². The molecule has 0 unspecified atom stereocenters. The molecule has 0 aliphatic carbocycles. The third-order valence-electron chi connectivity index (χ3n) is 3.60. The molecule has 2 aliphatic heterocycles. The van der Waals surface area contributed by atoms with Crippen molar-refractivity contribution in [1.82, 2.24) is 14.5 Å². The molecule has 0 aromatic rings. The molecule has 1 N–H and O–H groups in total. The molecule has 0 aromatic heterocycles.